The van der Waals surface area contributed by atoms with E-state index in [-0.39, 0.29) is 0 Å². The Balaban J connectivity index is 2.11. The van der Waals surface area contributed by atoms with E-state index in [0.29, 0.717) is 0 Å². The topological polar surface area (TPSA) is 44.3 Å². The molecule has 0 unspecified atom stereocenters. The molecular formula is C14H25N5. The van der Waals surface area contributed by atoms with E-state index in [9.17, 15) is 0 Å². The highest BCUT2D eigenvalue weighted by Crippen LogP contribution is 2.16. The van der Waals surface area contributed by atoms with Crippen molar-refractivity contribution in [3.8, 4) is 0 Å². The molecule has 1 aromatic rings. The minimum atomic E-state index is 0.759. The number of aromatic nitrogens is 2. The first-order valence-electron chi connectivity index (χ1n) is 7.22. The van der Waals surface area contributed by atoms with Crippen LogP contribution in [0.2, 0.25) is 0 Å². The first-order valence-corrected chi connectivity index (χ1v) is 7.22. The van der Waals surface area contributed by atoms with Gasteiger partial charge in [0.05, 0.1) is 0 Å². The summed E-state index contributed by atoms with van der Waals surface area (Å²) < 4.78 is 0. The summed E-state index contributed by atoms with van der Waals surface area (Å²) in [5, 5.41) is 3.28. The summed E-state index contributed by atoms with van der Waals surface area (Å²) in [5.74, 6) is 1.82. The lowest BCUT2D eigenvalue weighted by molar-refractivity contribution is 0.360. The van der Waals surface area contributed by atoms with Crippen LogP contribution in [0.4, 0.5) is 11.8 Å². The summed E-state index contributed by atoms with van der Waals surface area (Å²) in [6.07, 6.45) is 2.28. The number of anilines is 2. The summed E-state index contributed by atoms with van der Waals surface area (Å²) in [6, 6.07) is 2.09. The Labute approximate surface area is 116 Å². The molecule has 1 aromatic heterocycles. The third-order valence-corrected chi connectivity index (χ3v) is 3.42. The summed E-state index contributed by atoms with van der Waals surface area (Å²) in [4.78, 5) is 13.8. The zero-order valence-corrected chi connectivity index (χ0v) is 12.3. The third-order valence-electron chi connectivity index (χ3n) is 3.42. The van der Waals surface area contributed by atoms with Gasteiger partial charge in [-0.2, -0.15) is 4.98 Å². The zero-order chi connectivity index (χ0) is 13.7. The fraction of sp³-hybridized carbons (Fsp3) is 0.714. The molecule has 0 amide bonds. The van der Waals surface area contributed by atoms with Gasteiger partial charge in [-0.05, 0) is 33.4 Å². The van der Waals surface area contributed by atoms with Gasteiger partial charge in [0.25, 0.3) is 0 Å². The molecule has 0 saturated carbocycles. The summed E-state index contributed by atoms with van der Waals surface area (Å²) in [6.45, 7) is 9.49. The molecule has 0 aliphatic carbocycles. The molecule has 5 heteroatoms. The number of rotatable bonds is 4. The Hall–Kier alpha value is -1.36. The van der Waals surface area contributed by atoms with Gasteiger partial charge < -0.3 is 15.1 Å². The molecule has 0 bridgehead atoms. The maximum atomic E-state index is 4.65. The Morgan fingerprint density at radius 3 is 2.84 bits per heavy atom. The van der Waals surface area contributed by atoms with Gasteiger partial charge in [-0.15, -0.1) is 0 Å². The standard InChI is InChI=1S/C14H25N5/c1-4-6-15-14-16-12(2)11-13(17-14)19-8-5-7-18(3)9-10-19/h11H,4-10H2,1-3H3,(H,15,16,17). The van der Waals surface area contributed by atoms with Crippen LogP contribution < -0.4 is 10.2 Å². The van der Waals surface area contributed by atoms with E-state index in [2.05, 4.69) is 45.1 Å². The predicted octanol–water partition coefficient (Wildman–Crippen LogP) is 1.75. The van der Waals surface area contributed by atoms with E-state index < -0.39 is 0 Å². The molecule has 0 aromatic carbocycles. The Morgan fingerprint density at radius 2 is 2.05 bits per heavy atom. The normalized spacial score (nSPS) is 17.3. The first-order chi connectivity index (χ1) is 9.19. The van der Waals surface area contributed by atoms with Gasteiger partial charge in [0, 0.05) is 37.9 Å². The van der Waals surface area contributed by atoms with E-state index in [1.54, 1.807) is 0 Å². The van der Waals surface area contributed by atoms with Gasteiger partial charge in [0.2, 0.25) is 5.95 Å². The molecule has 2 rings (SSSR count). The molecule has 1 saturated heterocycles. The van der Waals surface area contributed by atoms with Crippen molar-refractivity contribution in [3.05, 3.63) is 11.8 Å². The van der Waals surface area contributed by atoms with Crippen molar-refractivity contribution in [2.75, 3.05) is 50.0 Å². The van der Waals surface area contributed by atoms with Gasteiger partial charge in [0.1, 0.15) is 5.82 Å². The number of hydrogen-bond donors (Lipinski definition) is 1. The number of aryl methyl sites for hydroxylation is 1. The van der Waals surface area contributed by atoms with Crippen molar-refractivity contribution in [3.63, 3.8) is 0 Å². The second-order valence-corrected chi connectivity index (χ2v) is 5.26. The highest BCUT2D eigenvalue weighted by atomic mass is 15.3. The average molecular weight is 263 g/mol. The van der Waals surface area contributed by atoms with Gasteiger partial charge in [0.15, 0.2) is 0 Å². The van der Waals surface area contributed by atoms with Crippen molar-refractivity contribution in [2.45, 2.75) is 26.7 Å². The molecule has 0 radical (unpaired) electrons. The highest BCUT2D eigenvalue weighted by molar-refractivity contribution is 5.44. The molecule has 5 nitrogen and oxygen atoms in total. The van der Waals surface area contributed by atoms with Crippen molar-refractivity contribution >= 4 is 11.8 Å². The van der Waals surface area contributed by atoms with Crippen molar-refractivity contribution < 1.29 is 0 Å². The Bertz CT molecular complexity index is 407. The van der Waals surface area contributed by atoms with Gasteiger partial charge >= 0.3 is 0 Å². The van der Waals surface area contributed by atoms with Gasteiger partial charge in [-0.1, -0.05) is 6.92 Å². The average Bonchev–Trinajstić information content (AvgIpc) is 2.60. The summed E-state index contributed by atoms with van der Waals surface area (Å²) >= 11 is 0. The molecule has 1 fully saturated rings. The largest absolute Gasteiger partial charge is 0.355 e. The molecule has 106 valence electrons. The second-order valence-electron chi connectivity index (χ2n) is 5.26. The van der Waals surface area contributed by atoms with Crippen molar-refractivity contribution in [1.82, 2.24) is 14.9 Å². The third kappa shape index (κ3) is 4.06. The van der Waals surface area contributed by atoms with E-state index in [4.69, 9.17) is 0 Å². The molecule has 1 N–H and O–H groups in total. The van der Waals surface area contributed by atoms with E-state index in [1.165, 1.54) is 13.0 Å². The van der Waals surface area contributed by atoms with Crippen LogP contribution in [0.1, 0.15) is 25.5 Å². The van der Waals surface area contributed by atoms with E-state index in [1.807, 2.05) is 6.92 Å². The van der Waals surface area contributed by atoms with Gasteiger partial charge in [-0.25, -0.2) is 4.98 Å². The van der Waals surface area contributed by atoms with Crippen LogP contribution in [0.25, 0.3) is 0 Å². The number of nitrogens with zero attached hydrogens (tertiary/aromatic N) is 4. The number of nitrogens with one attached hydrogen (secondary N) is 1. The minimum Gasteiger partial charge on any atom is -0.355 e. The molecule has 0 atom stereocenters. The van der Waals surface area contributed by atoms with Crippen LogP contribution >= 0.6 is 0 Å². The lowest BCUT2D eigenvalue weighted by Crippen LogP contribution is -2.29. The zero-order valence-electron chi connectivity index (χ0n) is 12.3. The maximum Gasteiger partial charge on any atom is 0.224 e. The van der Waals surface area contributed by atoms with Crippen LogP contribution in [0.15, 0.2) is 6.07 Å². The van der Waals surface area contributed by atoms with Crippen molar-refractivity contribution in [1.29, 1.82) is 0 Å². The Kier molecular flexibility index (Phi) is 4.96. The maximum absolute atomic E-state index is 4.65. The summed E-state index contributed by atoms with van der Waals surface area (Å²) in [5.41, 5.74) is 1.03. The minimum absolute atomic E-state index is 0.759. The molecule has 19 heavy (non-hydrogen) atoms. The molecule has 1 aliphatic rings. The fourth-order valence-corrected chi connectivity index (χ4v) is 2.31. The lowest BCUT2D eigenvalue weighted by Gasteiger charge is -2.22. The van der Waals surface area contributed by atoms with Crippen LogP contribution in [-0.4, -0.2) is 54.6 Å². The first kappa shape index (κ1) is 14.1. The summed E-state index contributed by atoms with van der Waals surface area (Å²) in [7, 11) is 2.18. The van der Waals surface area contributed by atoms with Crippen molar-refractivity contribution in [2.24, 2.45) is 0 Å². The molecule has 2 heterocycles. The second kappa shape index (κ2) is 6.70. The van der Waals surface area contributed by atoms with Crippen LogP contribution in [0, 0.1) is 6.92 Å². The van der Waals surface area contributed by atoms with E-state index in [0.717, 1.165) is 50.1 Å². The lowest BCUT2D eigenvalue weighted by atomic mass is 10.3. The Morgan fingerprint density at radius 1 is 1.21 bits per heavy atom. The predicted molar refractivity (Wildman–Crippen MR) is 79.9 cm³/mol. The van der Waals surface area contributed by atoms with Crippen LogP contribution in [-0.2, 0) is 0 Å². The monoisotopic (exact) mass is 263 g/mol. The van der Waals surface area contributed by atoms with Gasteiger partial charge in [-0.3, -0.25) is 0 Å². The molecular weight excluding hydrogens is 238 g/mol. The molecule has 0 spiro atoms. The quantitative estimate of drug-likeness (QED) is 0.896. The molecule has 1 aliphatic heterocycles. The fourth-order valence-electron chi connectivity index (χ4n) is 2.31. The number of hydrogen-bond acceptors (Lipinski definition) is 5. The van der Waals surface area contributed by atoms with Crippen LogP contribution in [0.3, 0.4) is 0 Å². The van der Waals surface area contributed by atoms with E-state index >= 15 is 0 Å². The smallest absolute Gasteiger partial charge is 0.224 e. The number of likely N-dealkylation sites (N-methyl/N-ethyl adjacent to an activating group) is 1. The van der Waals surface area contributed by atoms with Crippen LogP contribution in [0.5, 0.6) is 0 Å². The highest BCUT2D eigenvalue weighted by Gasteiger charge is 2.14. The SMILES string of the molecule is CCCNc1nc(C)cc(N2CCCN(C)CC2)n1.